The van der Waals surface area contributed by atoms with Crippen LogP contribution in [0.15, 0.2) is 24.3 Å². The first-order chi connectivity index (χ1) is 8.97. The molecule has 2 rings (SSSR count). The van der Waals surface area contributed by atoms with Gasteiger partial charge in [-0.3, -0.25) is 9.89 Å². The molecule has 2 aromatic rings. The highest BCUT2D eigenvalue weighted by Gasteiger charge is 2.12. The van der Waals surface area contributed by atoms with E-state index < -0.39 is 5.82 Å². The molecule has 1 aromatic heterocycles. The Kier molecular flexibility index (Phi) is 3.64. The number of amides is 1. The van der Waals surface area contributed by atoms with Crippen LogP contribution in [0.3, 0.4) is 0 Å². The van der Waals surface area contributed by atoms with Gasteiger partial charge in [-0.2, -0.15) is 5.10 Å². The van der Waals surface area contributed by atoms with Crippen molar-refractivity contribution in [3.8, 4) is 0 Å². The van der Waals surface area contributed by atoms with E-state index in [9.17, 15) is 9.18 Å². The molecule has 1 amide bonds. The minimum Gasteiger partial charge on any atom is -0.305 e. The summed E-state index contributed by atoms with van der Waals surface area (Å²) in [5, 5.41) is 9.51. The molecular formula is C14H16FN3O. The quantitative estimate of drug-likeness (QED) is 0.891. The lowest BCUT2D eigenvalue weighted by Gasteiger charge is -2.05. The lowest BCUT2D eigenvalue weighted by Crippen LogP contribution is -2.14. The van der Waals surface area contributed by atoms with E-state index in [-0.39, 0.29) is 5.91 Å². The molecule has 0 saturated carbocycles. The average molecular weight is 261 g/mol. The third-order valence-electron chi connectivity index (χ3n) is 2.91. The molecule has 0 unspecified atom stereocenters. The van der Waals surface area contributed by atoms with Gasteiger partial charge in [0.15, 0.2) is 5.82 Å². The number of aromatic nitrogens is 2. The molecule has 0 aliphatic heterocycles. The number of hydrogen-bond acceptors (Lipinski definition) is 2. The van der Waals surface area contributed by atoms with Gasteiger partial charge in [0.25, 0.3) is 5.91 Å². The first kappa shape index (κ1) is 13.3. The zero-order valence-electron chi connectivity index (χ0n) is 11.1. The fraction of sp³-hybridized carbons (Fsp3) is 0.286. The summed E-state index contributed by atoms with van der Waals surface area (Å²) in [7, 11) is 0. The summed E-state index contributed by atoms with van der Waals surface area (Å²) >= 11 is 0. The van der Waals surface area contributed by atoms with Crippen molar-refractivity contribution in [3.63, 3.8) is 0 Å². The van der Waals surface area contributed by atoms with Gasteiger partial charge in [0, 0.05) is 17.3 Å². The van der Waals surface area contributed by atoms with E-state index in [1.807, 2.05) is 13.8 Å². The Balaban J connectivity index is 2.18. The third-order valence-corrected chi connectivity index (χ3v) is 2.91. The van der Waals surface area contributed by atoms with Crippen molar-refractivity contribution >= 4 is 11.7 Å². The zero-order chi connectivity index (χ0) is 14.0. The first-order valence-electron chi connectivity index (χ1n) is 6.10. The Labute approximate surface area is 111 Å². The third kappa shape index (κ3) is 2.99. The van der Waals surface area contributed by atoms with E-state index in [4.69, 9.17) is 0 Å². The van der Waals surface area contributed by atoms with Gasteiger partial charge in [0.05, 0.1) is 0 Å². The number of aryl methyl sites for hydroxylation is 1. The van der Waals surface area contributed by atoms with Crippen molar-refractivity contribution in [2.24, 2.45) is 0 Å². The number of halogens is 1. The van der Waals surface area contributed by atoms with Gasteiger partial charge in [-0.15, -0.1) is 0 Å². The molecule has 19 heavy (non-hydrogen) atoms. The molecule has 0 fully saturated rings. The fourth-order valence-electron chi connectivity index (χ4n) is 1.72. The highest BCUT2D eigenvalue weighted by atomic mass is 19.1. The molecule has 0 aliphatic rings. The molecule has 5 heteroatoms. The number of carbonyl (C=O) groups is 1. The van der Waals surface area contributed by atoms with Crippen LogP contribution in [0.1, 0.15) is 41.4 Å². The van der Waals surface area contributed by atoms with Gasteiger partial charge in [-0.1, -0.05) is 19.9 Å². The van der Waals surface area contributed by atoms with E-state index in [2.05, 4.69) is 15.5 Å². The molecule has 100 valence electrons. The van der Waals surface area contributed by atoms with Crippen LogP contribution >= 0.6 is 0 Å². The molecule has 0 bridgehead atoms. The van der Waals surface area contributed by atoms with Gasteiger partial charge in [-0.25, -0.2) is 4.39 Å². The summed E-state index contributed by atoms with van der Waals surface area (Å²) in [6.45, 7) is 5.81. The maximum Gasteiger partial charge on any atom is 0.257 e. The number of hydrogen-bond donors (Lipinski definition) is 2. The number of nitrogens with zero attached hydrogens (tertiary/aromatic N) is 1. The number of carbonyl (C=O) groups excluding carboxylic acids is 1. The zero-order valence-corrected chi connectivity index (χ0v) is 11.1. The molecule has 1 aromatic carbocycles. The normalized spacial score (nSPS) is 10.8. The second kappa shape index (κ2) is 5.22. The van der Waals surface area contributed by atoms with Gasteiger partial charge in [0.2, 0.25) is 0 Å². The van der Waals surface area contributed by atoms with Crippen LogP contribution in [0, 0.1) is 12.7 Å². The number of H-pyrrole nitrogens is 1. The Morgan fingerprint density at radius 2 is 2.11 bits per heavy atom. The van der Waals surface area contributed by atoms with Crippen molar-refractivity contribution in [2.45, 2.75) is 26.7 Å². The van der Waals surface area contributed by atoms with E-state index in [0.29, 0.717) is 17.3 Å². The predicted octanol–water partition coefficient (Wildman–Crippen LogP) is 3.23. The average Bonchev–Trinajstić information content (AvgIpc) is 2.80. The summed E-state index contributed by atoms with van der Waals surface area (Å²) in [6, 6.07) is 5.91. The molecule has 1 heterocycles. The second-order valence-electron chi connectivity index (χ2n) is 4.78. The molecule has 2 N–H and O–H groups in total. The Hall–Kier alpha value is -2.17. The lowest BCUT2D eigenvalue weighted by atomic mass is 10.1. The Bertz CT molecular complexity index is 604. The smallest absolute Gasteiger partial charge is 0.257 e. The van der Waals surface area contributed by atoms with Crippen LogP contribution in [-0.2, 0) is 0 Å². The van der Waals surface area contributed by atoms with Gasteiger partial charge >= 0.3 is 0 Å². The minimum absolute atomic E-state index is 0.300. The molecule has 0 radical (unpaired) electrons. The fourth-order valence-corrected chi connectivity index (χ4v) is 1.72. The minimum atomic E-state index is -0.430. The maximum absolute atomic E-state index is 13.2. The SMILES string of the molecule is Cc1ccc(F)cc1C(=O)Nc1cc(C(C)C)[nH]n1. The van der Waals surface area contributed by atoms with Gasteiger partial charge in [-0.05, 0) is 30.5 Å². The van der Waals surface area contributed by atoms with E-state index in [1.165, 1.54) is 12.1 Å². The van der Waals surface area contributed by atoms with E-state index in [0.717, 1.165) is 11.3 Å². The summed E-state index contributed by atoms with van der Waals surface area (Å²) < 4.78 is 13.2. The Morgan fingerprint density at radius 1 is 1.37 bits per heavy atom. The molecule has 0 spiro atoms. The highest BCUT2D eigenvalue weighted by molar-refractivity contribution is 6.04. The molecule has 4 nitrogen and oxygen atoms in total. The number of nitrogens with one attached hydrogen (secondary N) is 2. The summed E-state index contributed by atoms with van der Waals surface area (Å²) in [4.78, 5) is 12.0. The van der Waals surface area contributed by atoms with Crippen molar-refractivity contribution in [2.75, 3.05) is 5.32 Å². The largest absolute Gasteiger partial charge is 0.305 e. The summed E-state index contributed by atoms with van der Waals surface area (Å²) in [5.74, 6) is -0.0501. The van der Waals surface area contributed by atoms with Crippen molar-refractivity contribution in [3.05, 3.63) is 46.9 Å². The van der Waals surface area contributed by atoms with Crippen molar-refractivity contribution in [1.29, 1.82) is 0 Å². The second-order valence-corrected chi connectivity index (χ2v) is 4.78. The van der Waals surface area contributed by atoms with Crippen molar-refractivity contribution in [1.82, 2.24) is 10.2 Å². The number of aromatic amines is 1. The van der Waals surface area contributed by atoms with Gasteiger partial charge < -0.3 is 5.32 Å². The topological polar surface area (TPSA) is 57.8 Å². The van der Waals surface area contributed by atoms with E-state index >= 15 is 0 Å². The number of anilines is 1. The van der Waals surface area contributed by atoms with Crippen LogP contribution in [0.2, 0.25) is 0 Å². The lowest BCUT2D eigenvalue weighted by molar-refractivity contribution is 0.102. The molecular weight excluding hydrogens is 245 g/mol. The Morgan fingerprint density at radius 3 is 2.74 bits per heavy atom. The highest BCUT2D eigenvalue weighted by Crippen LogP contribution is 2.16. The first-order valence-corrected chi connectivity index (χ1v) is 6.10. The summed E-state index contributed by atoms with van der Waals surface area (Å²) in [5.41, 5.74) is 1.97. The molecule has 0 aliphatic carbocycles. The van der Waals surface area contributed by atoms with Gasteiger partial charge in [0.1, 0.15) is 5.82 Å². The van der Waals surface area contributed by atoms with Crippen molar-refractivity contribution < 1.29 is 9.18 Å². The van der Waals surface area contributed by atoms with Crippen LogP contribution in [0.5, 0.6) is 0 Å². The number of rotatable bonds is 3. The standard InChI is InChI=1S/C14H16FN3O/c1-8(2)12-7-13(18-17-12)16-14(19)11-6-10(15)5-4-9(11)3/h4-8H,1-3H3,(H2,16,17,18,19). The van der Waals surface area contributed by atoms with Crippen LogP contribution in [-0.4, -0.2) is 16.1 Å². The summed E-state index contributed by atoms with van der Waals surface area (Å²) in [6.07, 6.45) is 0. The van der Waals surface area contributed by atoms with Crippen LogP contribution in [0.25, 0.3) is 0 Å². The van der Waals surface area contributed by atoms with Crippen LogP contribution < -0.4 is 5.32 Å². The monoisotopic (exact) mass is 261 g/mol. The maximum atomic E-state index is 13.2. The van der Waals surface area contributed by atoms with Crippen LogP contribution in [0.4, 0.5) is 10.2 Å². The molecule has 0 atom stereocenters. The van der Waals surface area contributed by atoms with E-state index in [1.54, 1.807) is 19.1 Å². The predicted molar refractivity (Wildman–Crippen MR) is 71.8 cm³/mol. The molecule has 0 saturated heterocycles. The number of benzene rings is 1.